The Morgan fingerprint density at radius 3 is 2.29 bits per heavy atom. The van der Waals surface area contributed by atoms with Crippen molar-refractivity contribution in [2.24, 2.45) is 7.05 Å². The van der Waals surface area contributed by atoms with E-state index in [0.717, 1.165) is 53.9 Å². The summed E-state index contributed by atoms with van der Waals surface area (Å²) in [4.78, 5) is 16.5. The van der Waals surface area contributed by atoms with Gasteiger partial charge in [-0.1, -0.05) is 35.9 Å². The molecule has 5 aromatic rings. The number of hydrogen-bond acceptors (Lipinski definition) is 5. The number of hydrogen-bond donors (Lipinski definition) is 2. The molecule has 0 amide bonds. The van der Waals surface area contributed by atoms with Crippen LogP contribution >= 0.6 is 22.9 Å². The summed E-state index contributed by atoms with van der Waals surface area (Å²) in [7, 11) is 1.92. The number of aliphatic carboxylic acids is 1. The molecule has 0 atom stereocenters. The summed E-state index contributed by atoms with van der Waals surface area (Å²) < 4.78 is 2.82. The van der Waals surface area contributed by atoms with Crippen LogP contribution in [-0.4, -0.2) is 36.5 Å². The summed E-state index contributed by atoms with van der Waals surface area (Å²) in [5.74, 6) is -0.857. The van der Waals surface area contributed by atoms with Crippen LogP contribution in [0.3, 0.4) is 0 Å². The first-order valence-electron chi connectivity index (χ1n) is 11.8. The van der Waals surface area contributed by atoms with E-state index in [9.17, 15) is 9.90 Å². The van der Waals surface area contributed by atoms with E-state index in [4.69, 9.17) is 21.7 Å². The predicted molar refractivity (Wildman–Crippen MR) is 158 cm³/mol. The second-order valence-electron chi connectivity index (χ2n) is 9.70. The normalized spacial score (nSPS) is 11.0. The highest BCUT2D eigenvalue weighted by atomic mass is 35.5. The van der Waals surface area contributed by atoms with E-state index in [0.29, 0.717) is 5.02 Å². The zero-order chi connectivity index (χ0) is 28.2. The molecule has 5 rings (SSSR count). The third kappa shape index (κ3) is 6.78. The standard InChI is InChI=1S/C24H18ClN3O2S.C4H10O.C2H2/c1-13-9-19-23(22(18(13)11-21(29)30)14-5-7-17(25)8-6-14)31-24(27-19)15-3-4-16-12-26-28(2)20(16)10-15;1-4(2,3)5;1-2/h3-10,12H,11H2,1-2H3,(H,29,30);5H,1-3H3;1-2H. The van der Waals surface area contributed by atoms with Crippen molar-refractivity contribution in [2.45, 2.75) is 39.7 Å². The smallest absolute Gasteiger partial charge is 0.307 e. The molecule has 0 aliphatic heterocycles. The van der Waals surface area contributed by atoms with Gasteiger partial charge < -0.3 is 10.2 Å². The Kier molecular flexibility index (Phi) is 8.95. The Hall–Kier alpha value is -3.70. The highest BCUT2D eigenvalue weighted by Crippen LogP contribution is 2.41. The molecule has 8 heteroatoms. The largest absolute Gasteiger partial charge is 0.481 e. The second kappa shape index (κ2) is 11.8. The number of aromatic nitrogens is 3. The predicted octanol–water partition coefficient (Wildman–Crippen LogP) is 7.13. The number of thiazole rings is 1. The van der Waals surface area contributed by atoms with Gasteiger partial charge in [-0.25, -0.2) is 4.98 Å². The molecule has 0 bridgehead atoms. The van der Waals surface area contributed by atoms with Crippen molar-refractivity contribution in [3.63, 3.8) is 0 Å². The van der Waals surface area contributed by atoms with Gasteiger partial charge in [-0.2, -0.15) is 5.10 Å². The van der Waals surface area contributed by atoms with Crippen LogP contribution in [0.25, 0.3) is 42.8 Å². The lowest BCUT2D eigenvalue weighted by Crippen LogP contribution is -2.10. The van der Waals surface area contributed by atoms with Crippen LogP contribution < -0.4 is 0 Å². The molecular formula is C30H30ClN3O3S. The Morgan fingerprint density at radius 1 is 1.08 bits per heavy atom. The van der Waals surface area contributed by atoms with Gasteiger partial charge in [0.05, 0.1) is 34.0 Å². The fourth-order valence-corrected chi connectivity index (χ4v) is 5.20. The van der Waals surface area contributed by atoms with Crippen molar-refractivity contribution in [1.29, 1.82) is 0 Å². The molecule has 2 N–H and O–H groups in total. The van der Waals surface area contributed by atoms with Gasteiger partial charge in [-0.15, -0.1) is 24.2 Å². The average molecular weight is 548 g/mol. The minimum Gasteiger partial charge on any atom is -0.481 e. The molecule has 3 aromatic carbocycles. The number of terminal acetylenes is 1. The van der Waals surface area contributed by atoms with Gasteiger partial charge in [0.25, 0.3) is 0 Å². The molecule has 0 saturated heterocycles. The molecule has 0 aliphatic carbocycles. The molecule has 38 heavy (non-hydrogen) atoms. The number of aliphatic hydroxyl groups is 1. The van der Waals surface area contributed by atoms with Crippen molar-refractivity contribution < 1.29 is 15.0 Å². The van der Waals surface area contributed by atoms with Gasteiger partial charge in [0.2, 0.25) is 0 Å². The summed E-state index contributed by atoms with van der Waals surface area (Å²) in [6.07, 6.45) is 9.80. The van der Waals surface area contributed by atoms with Gasteiger partial charge in [-0.05, 0) is 68.7 Å². The van der Waals surface area contributed by atoms with E-state index in [-0.39, 0.29) is 6.42 Å². The van der Waals surface area contributed by atoms with Crippen LogP contribution in [0.5, 0.6) is 0 Å². The molecule has 0 spiro atoms. The van der Waals surface area contributed by atoms with Crippen molar-refractivity contribution in [2.75, 3.05) is 0 Å². The fraction of sp³-hybridized carbons (Fsp3) is 0.233. The molecule has 0 fully saturated rings. The van der Waals surface area contributed by atoms with E-state index in [1.807, 2.05) is 61.2 Å². The number of rotatable bonds is 4. The van der Waals surface area contributed by atoms with Crippen LogP contribution in [0.15, 0.2) is 54.7 Å². The van der Waals surface area contributed by atoms with Crippen LogP contribution in [0.1, 0.15) is 31.9 Å². The van der Waals surface area contributed by atoms with E-state index in [2.05, 4.69) is 30.1 Å². The first-order valence-corrected chi connectivity index (χ1v) is 13.0. The molecule has 6 nitrogen and oxygen atoms in total. The number of carbonyl (C=O) groups is 1. The Balaban J connectivity index is 0.000000515. The van der Waals surface area contributed by atoms with E-state index < -0.39 is 11.6 Å². The van der Waals surface area contributed by atoms with Gasteiger partial charge in [0, 0.05) is 28.6 Å². The summed E-state index contributed by atoms with van der Waals surface area (Å²) >= 11 is 7.67. The SMILES string of the molecule is C#C.CC(C)(C)O.Cc1cc2nc(-c3ccc4cnn(C)c4c3)sc2c(-c2ccc(Cl)cc2)c1CC(=O)O. The highest BCUT2D eigenvalue weighted by Gasteiger charge is 2.19. The summed E-state index contributed by atoms with van der Waals surface area (Å²) in [6, 6.07) is 15.7. The lowest BCUT2D eigenvalue weighted by atomic mass is 9.93. The zero-order valence-electron chi connectivity index (χ0n) is 22.0. The van der Waals surface area contributed by atoms with Gasteiger partial charge in [-0.3, -0.25) is 9.48 Å². The highest BCUT2D eigenvalue weighted by molar-refractivity contribution is 7.22. The lowest BCUT2D eigenvalue weighted by Gasteiger charge is -2.13. The van der Waals surface area contributed by atoms with E-state index in [1.54, 1.807) is 32.1 Å². The lowest BCUT2D eigenvalue weighted by molar-refractivity contribution is -0.136. The second-order valence-corrected chi connectivity index (χ2v) is 11.1. The molecule has 196 valence electrons. The molecule has 0 unspecified atom stereocenters. The molecule has 2 aromatic heterocycles. The maximum atomic E-state index is 11.6. The van der Waals surface area contributed by atoms with Crippen molar-refractivity contribution in [3.8, 4) is 34.5 Å². The van der Waals surface area contributed by atoms with Gasteiger partial charge in [0.1, 0.15) is 5.01 Å². The Bertz CT molecular complexity index is 1600. The number of carboxylic acid groups (broad SMARTS) is 1. The third-order valence-corrected chi connectivity index (χ3v) is 6.86. The summed E-state index contributed by atoms with van der Waals surface area (Å²) in [6.45, 7) is 7.17. The molecule has 0 aliphatic rings. The molecular weight excluding hydrogens is 518 g/mol. The monoisotopic (exact) mass is 547 g/mol. The first kappa shape index (κ1) is 28.9. The fourth-order valence-electron chi connectivity index (χ4n) is 3.94. The summed E-state index contributed by atoms with van der Waals surface area (Å²) in [5.41, 5.74) is 5.99. The molecule has 2 heterocycles. The van der Waals surface area contributed by atoms with E-state index >= 15 is 0 Å². The van der Waals surface area contributed by atoms with Gasteiger partial charge in [0.15, 0.2) is 0 Å². The zero-order valence-corrected chi connectivity index (χ0v) is 23.6. The van der Waals surface area contributed by atoms with Crippen LogP contribution in [0, 0.1) is 19.8 Å². The average Bonchev–Trinajstić information content (AvgIpc) is 3.43. The number of nitrogens with zero attached hydrogens (tertiary/aromatic N) is 3. The maximum Gasteiger partial charge on any atom is 0.307 e. The third-order valence-electron chi connectivity index (χ3n) is 5.47. The molecule has 0 saturated carbocycles. The topological polar surface area (TPSA) is 88.2 Å². The minimum absolute atomic E-state index is 0.0477. The maximum absolute atomic E-state index is 11.6. The number of aryl methyl sites for hydroxylation is 2. The van der Waals surface area contributed by atoms with Crippen molar-refractivity contribution >= 4 is 50.0 Å². The molecule has 0 radical (unpaired) electrons. The van der Waals surface area contributed by atoms with Crippen LogP contribution in [0.4, 0.5) is 0 Å². The van der Waals surface area contributed by atoms with Crippen molar-refractivity contribution in [3.05, 3.63) is 70.9 Å². The Labute approximate surface area is 231 Å². The van der Waals surface area contributed by atoms with Crippen LogP contribution in [-0.2, 0) is 18.3 Å². The Morgan fingerprint density at radius 2 is 1.68 bits per heavy atom. The number of halogens is 1. The van der Waals surface area contributed by atoms with Crippen LogP contribution in [0.2, 0.25) is 5.02 Å². The summed E-state index contributed by atoms with van der Waals surface area (Å²) in [5, 5.41) is 25.0. The minimum atomic E-state index is -0.857. The quantitative estimate of drug-likeness (QED) is 0.234. The number of carboxylic acids is 1. The van der Waals surface area contributed by atoms with Crippen molar-refractivity contribution in [1.82, 2.24) is 14.8 Å². The number of benzene rings is 3. The number of fused-ring (bicyclic) bond motifs is 2. The van der Waals surface area contributed by atoms with Gasteiger partial charge >= 0.3 is 5.97 Å². The van der Waals surface area contributed by atoms with E-state index in [1.165, 1.54) is 0 Å². The first-order chi connectivity index (χ1) is 17.9.